The van der Waals surface area contributed by atoms with E-state index in [0.29, 0.717) is 43.9 Å². The van der Waals surface area contributed by atoms with Gasteiger partial charge in [-0.3, -0.25) is 14.3 Å². The van der Waals surface area contributed by atoms with Crippen LogP contribution in [0.5, 0.6) is 0 Å². The van der Waals surface area contributed by atoms with Gasteiger partial charge in [0.1, 0.15) is 11.4 Å². The summed E-state index contributed by atoms with van der Waals surface area (Å²) in [5.41, 5.74) is 2.92. The number of hydrogen-bond donors (Lipinski definition) is 0. The second-order valence-electron chi connectivity index (χ2n) is 10.5. The van der Waals surface area contributed by atoms with Crippen LogP contribution in [0.1, 0.15) is 36.7 Å². The van der Waals surface area contributed by atoms with E-state index in [-0.39, 0.29) is 29.2 Å². The van der Waals surface area contributed by atoms with Gasteiger partial charge in [-0.25, -0.2) is 8.42 Å². The number of benzene rings is 1. The van der Waals surface area contributed by atoms with Crippen molar-refractivity contribution >= 4 is 27.5 Å². The van der Waals surface area contributed by atoms with Gasteiger partial charge < -0.3 is 14.7 Å². The predicted molar refractivity (Wildman–Crippen MR) is 144 cm³/mol. The molecule has 206 valence electrons. The Bertz CT molecular complexity index is 1310. The van der Waals surface area contributed by atoms with Crippen molar-refractivity contribution in [3.05, 3.63) is 41.2 Å². The lowest BCUT2D eigenvalue weighted by molar-refractivity contribution is -0.138. The fourth-order valence-corrected chi connectivity index (χ4v) is 7.88. The summed E-state index contributed by atoms with van der Waals surface area (Å²) in [6.45, 7) is 11.0. The van der Waals surface area contributed by atoms with Crippen molar-refractivity contribution in [2.75, 3.05) is 57.3 Å². The first kappa shape index (κ1) is 26.8. The van der Waals surface area contributed by atoms with E-state index in [1.54, 1.807) is 18.7 Å². The first-order chi connectivity index (χ1) is 18.2. The number of para-hydroxylation sites is 1. The fourth-order valence-electron chi connectivity index (χ4n) is 6.03. The average Bonchev–Trinajstić information content (AvgIpc) is 3.48. The molecule has 2 aromatic rings. The summed E-state index contributed by atoms with van der Waals surface area (Å²) in [6.07, 6.45) is 1.85. The number of rotatable bonds is 6. The molecule has 0 atom stereocenters. The number of fused-ring (bicyclic) bond motifs is 1. The minimum atomic E-state index is -3.80. The van der Waals surface area contributed by atoms with Crippen LogP contribution in [0.15, 0.2) is 29.2 Å². The first-order valence-electron chi connectivity index (χ1n) is 13.6. The molecule has 0 bridgehead atoms. The second-order valence-corrected chi connectivity index (χ2v) is 12.4. The predicted octanol–water partition coefficient (Wildman–Crippen LogP) is 1.65. The Morgan fingerprint density at radius 3 is 2.34 bits per heavy atom. The Labute approximate surface area is 225 Å². The van der Waals surface area contributed by atoms with Gasteiger partial charge in [-0.2, -0.15) is 9.40 Å². The molecule has 0 N–H and O–H groups in total. The van der Waals surface area contributed by atoms with E-state index in [2.05, 4.69) is 16.9 Å². The molecule has 2 saturated heterocycles. The zero-order valence-corrected chi connectivity index (χ0v) is 23.4. The van der Waals surface area contributed by atoms with Crippen molar-refractivity contribution in [1.82, 2.24) is 23.9 Å². The second kappa shape index (κ2) is 10.8. The maximum absolute atomic E-state index is 13.7. The summed E-state index contributed by atoms with van der Waals surface area (Å²) in [5.74, 6) is -0.0934. The van der Waals surface area contributed by atoms with Gasteiger partial charge >= 0.3 is 0 Å². The standard InChI is InChI=1S/C27H38N6O4S/c1-4-29-15-17-30(18-16-29)27(35)23-9-12-31(13-10-23)38(36,37)26-20(2)28-33(21(26)3)19-25(34)32-14-11-22-7-5-6-8-24(22)32/h5-8,23H,4,9-19H2,1-3H3. The van der Waals surface area contributed by atoms with Crippen molar-refractivity contribution in [2.45, 2.75) is 51.5 Å². The molecule has 0 spiro atoms. The van der Waals surface area contributed by atoms with E-state index in [1.165, 1.54) is 8.99 Å². The minimum absolute atomic E-state index is 0.0155. The number of piperidine rings is 1. The molecule has 0 radical (unpaired) electrons. The van der Waals surface area contributed by atoms with Gasteiger partial charge in [0.05, 0.1) is 11.4 Å². The smallest absolute Gasteiger partial charge is 0.248 e. The molecule has 0 unspecified atom stereocenters. The highest BCUT2D eigenvalue weighted by Gasteiger charge is 2.37. The summed E-state index contributed by atoms with van der Waals surface area (Å²) in [5, 5.41) is 4.45. The fraction of sp³-hybridized carbons (Fsp3) is 0.593. The summed E-state index contributed by atoms with van der Waals surface area (Å²) in [7, 11) is -3.80. The monoisotopic (exact) mass is 542 g/mol. The molecule has 10 nitrogen and oxygen atoms in total. The molecule has 1 aromatic carbocycles. The molecule has 3 aliphatic heterocycles. The average molecular weight is 543 g/mol. The molecular weight excluding hydrogens is 504 g/mol. The van der Waals surface area contributed by atoms with Crippen molar-refractivity contribution in [1.29, 1.82) is 0 Å². The Balaban J connectivity index is 1.24. The van der Waals surface area contributed by atoms with Crippen LogP contribution in [0.3, 0.4) is 0 Å². The third-order valence-corrected chi connectivity index (χ3v) is 10.5. The van der Waals surface area contributed by atoms with Crippen LogP contribution in [-0.2, 0) is 32.6 Å². The van der Waals surface area contributed by atoms with E-state index < -0.39 is 10.0 Å². The van der Waals surface area contributed by atoms with Gasteiger partial charge in [0.15, 0.2) is 0 Å². The molecule has 2 amide bonds. The molecule has 38 heavy (non-hydrogen) atoms. The number of nitrogens with zero attached hydrogens (tertiary/aromatic N) is 6. The Kier molecular flexibility index (Phi) is 7.61. The summed E-state index contributed by atoms with van der Waals surface area (Å²) < 4.78 is 30.3. The quantitative estimate of drug-likeness (QED) is 0.551. The van der Waals surface area contributed by atoms with E-state index >= 15 is 0 Å². The lowest BCUT2D eigenvalue weighted by atomic mass is 9.96. The highest BCUT2D eigenvalue weighted by atomic mass is 32.2. The highest BCUT2D eigenvalue weighted by molar-refractivity contribution is 7.89. The van der Waals surface area contributed by atoms with Crippen LogP contribution in [0, 0.1) is 19.8 Å². The zero-order valence-electron chi connectivity index (χ0n) is 22.6. The maximum Gasteiger partial charge on any atom is 0.248 e. The van der Waals surface area contributed by atoms with Gasteiger partial charge in [0.25, 0.3) is 0 Å². The van der Waals surface area contributed by atoms with Gasteiger partial charge in [0.2, 0.25) is 21.8 Å². The number of hydrogen-bond acceptors (Lipinski definition) is 6. The lowest BCUT2D eigenvalue weighted by Crippen LogP contribution is -2.51. The van der Waals surface area contributed by atoms with Gasteiger partial charge in [-0.05, 0) is 51.3 Å². The van der Waals surface area contributed by atoms with Crippen LogP contribution in [-0.4, -0.2) is 96.5 Å². The number of aryl methyl sites for hydroxylation is 1. The molecule has 2 fully saturated rings. The van der Waals surface area contributed by atoms with Crippen molar-refractivity contribution < 1.29 is 18.0 Å². The number of anilines is 1. The minimum Gasteiger partial charge on any atom is -0.340 e. The molecular formula is C27H38N6O4S. The maximum atomic E-state index is 13.7. The molecule has 3 aliphatic rings. The number of carbonyl (C=O) groups excluding carboxylic acids is 2. The SMILES string of the molecule is CCN1CCN(C(=O)C2CCN(S(=O)(=O)c3c(C)nn(CC(=O)N4CCc5ccccc54)c3C)CC2)CC1. The molecule has 1 aromatic heterocycles. The Morgan fingerprint density at radius 2 is 1.66 bits per heavy atom. The first-order valence-corrected chi connectivity index (χ1v) is 15.1. The van der Waals surface area contributed by atoms with Gasteiger partial charge in [0, 0.05) is 57.4 Å². The topological polar surface area (TPSA) is 99.1 Å². The molecule has 4 heterocycles. The summed E-state index contributed by atoms with van der Waals surface area (Å²) in [4.78, 5) is 32.4. The largest absolute Gasteiger partial charge is 0.340 e. The number of aromatic nitrogens is 2. The van der Waals surface area contributed by atoms with Crippen LogP contribution in [0.4, 0.5) is 5.69 Å². The summed E-state index contributed by atoms with van der Waals surface area (Å²) >= 11 is 0. The third kappa shape index (κ3) is 4.99. The molecule has 11 heteroatoms. The summed E-state index contributed by atoms with van der Waals surface area (Å²) in [6, 6.07) is 7.86. The van der Waals surface area contributed by atoms with E-state index in [1.807, 2.05) is 29.2 Å². The van der Waals surface area contributed by atoms with Crippen LogP contribution in [0.2, 0.25) is 0 Å². The number of carbonyl (C=O) groups is 2. The Morgan fingerprint density at radius 1 is 0.974 bits per heavy atom. The normalized spacial score (nSPS) is 19.7. The molecule has 0 aliphatic carbocycles. The van der Waals surface area contributed by atoms with Crippen molar-refractivity contribution in [2.24, 2.45) is 5.92 Å². The van der Waals surface area contributed by atoms with E-state index in [0.717, 1.165) is 50.4 Å². The highest BCUT2D eigenvalue weighted by Crippen LogP contribution is 2.30. The van der Waals surface area contributed by atoms with Gasteiger partial charge in [-0.15, -0.1) is 0 Å². The van der Waals surface area contributed by atoms with Gasteiger partial charge in [-0.1, -0.05) is 25.1 Å². The van der Waals surface area contributed by atoms with Crippen molar-refractivity contribution in [3.63, 3.8) is 0 Å². The van der Waals surface area contributed by atoms with Crippen LogP contribution >= 0.6 is 0 Å². The Hall–Kier alpha value is -2.76. The lowest BCUT2D eigenvalue weighted by Gasteiger charge is -2.38. The zero-order chi connectivity index (χ0) is 27.0. The third-order valence-electron chi connectivity index (χ3n) is 8.32. The molecule has 5 rings (SSSR count). The van der Waals surface area contributed by atoms with Crippen LogP contribution < -0.4 is 4.90 Å². The van der Waals surface area contributed by atoms with Crippen LogP contribution in [0.25, 0.3) is 0 Å². The molecule has 0 saturated carbocycles. The van der Waals surface area contributed by atoms with Crippen molar-refractivity contribution in [3.8, 4) is 0 Å². The number of amides is 2. The number of sulfonamides is 1. The number of likely N-dealkylation sites (N-methyl/N-ethyl adjacent to an activating group) is 1. The number of piperazine rings is 1. The van der Waals surface area contributed by atoms with E-state index in [4.69, 9.17) is 0 Å². The van der Waals surface area contributed by atoms with E-state index in [9.17, 15) is 18.0 Å².